The Morgan fingerprint density at radius 2 is 1.62 bits per heavy atom. The molecule has 1 amide bonds. The van der Waals surface area contributed by atoms with Gasteiger partial charge in [0.2, 0.25) is 0 Å². The normalized spacial score (nSPS) is 12.9. The highest BCUT2D eigenvalue weighted by atomic mass is 32.2. The number of hydrogen-bond donors (Lipinski definition) is 1. The van der Waals surface area contributed by atoms with Gasteiger partial charge in [-0.3, -0.25) is 4.18 Å². The van der Waals surface area contributed by atoms with Gasteiger partial charge in [-0.05, 0) is 23.3 Å². The molecule has 0 aromatic heterocycles. The first-order valence-electron chi connectivity index (χ1n) is 8.75. The van der Waals surface area contributed by atoms with Crippen LogP contribution in [0.1, 0.15) is 24.1 Å². The molecular formula is C19H23NO7S2. The van der Waals surface area contributed by atoms with E-state index in [-0.39, 0.29) is 23.9 Å². The second-order valence-electron chi connectivity index (χ2n) is 6.22. The van der Waals surface area contributed by atoms with Crippen LogP contribution in [0, 0.1) is 0 Å². The summed E-state index contributed by atoms with van der Waals surface area (Å²) in [5, 5.41) is 2.55. The van der Waals surface area contributed by atoms with Crippen LogP contribution >= 0.6 is 0 Å². The minimum atomic E-state index is -3.74. The Labute approximate surface area is 170 Å². The van der Waals surface area contributed by atoms with Crippen LogP contribution in [0.4, 0.5) is 4.79 Å². The third-order valence-electron chi connectivity index (χ3n) is 3.98. The number of alkyl carbamates (subject to hydrolysis) is 1. The maximum atomic E-state index is 12.2. The largest absolute Gasteiger partial charge is 0.445 e. The summed E-state index contributed by atoms with van der Waals surface area (Å²) in [7, 11) is -7.12. The molecule has 0 saturated heterocycles. The topological polar surface area (TPSA) is 116 Å². The third-order valence-corrected chi connectivity index (χ3v) is 6.29. The molecule has 2 aromatic carbocycles. The summed E-state index contributed by atoms with van der Waals surface area (Å²) in [6.45, 7) is 1.22. The summed E-state index contributed by atoms with van der Waals surface area (Å²) >= 11 is 0. The first kappa shape index (κ1) is 22.9. The number of sulfone groups is 1. The minimum Gasteiger partial charge on any atom is -0.445 e. The van der Waals surface area contributed by atoms with E-state index in [2.05, 4.69) is 5.32 Å². The van der Waals surface area contributed by atoms with Crippen molar-refractivity contribution in [1.29, 1.82) is 0 Å². The molecule has 1 unspecified atom stereocenters. The van der Waals surface area contributed by atoms with E-state index >= 15 is 0 Å². The molecule has 0 spiro atoms. The van der Waals surface area contributed by atoms with Gasteiger partial charge in [0.15, 0.2) is 9.84 Å². The van der Waals surface area contributed by atoms with Crippen LogP contribution in [0.25, 0.3) is 0 Å². The Hall–Kier alpha value is -2.43. The highest BCUT2D eigenvalue weighted by Crippen LogP contribution is 2.19. The van der Waals surface area contributed by atoms with Crippen molar-refractivity contribution in [1.82, 2.24) is 5.32 Å². The molecule has 29 heavy (non-hydrogen) atoms. The lowest BCUT2D eigenvalue weighted by Crippen LogP contribution is -2.32. The maximum Gasteiger partial charge on any atom is 0.408 e. The molecule has 0 aliphatic carbocycles. The van der Waals surface area contributed by atoms with Gasteiger partial charge in [-0.15, -0.1) is 0 Å². The standard InChI is InChI=1S/C19H23NO7S2/c1-3-29(24,25)17-11-9-16(10-12-17)18(14-27-28(2,22)23)20-19(21)26-13-15-7-5-4-6-8-15/h4-12,18H,3,13-14H2,1-2H3,(H,20,21). The van der Waals surface area contributed by atoms with Crippen molar-refractivity contribution in [3.63, 3.8) is 0 Å². The van der Waals surface area contributed by atoms with E-state index < -0.39 is 32.1 Å². The molecule has 2 aromatic rings. The number of ether oxygens (including phenoxy) is 1. The Bertz CT molecular complexity index is 1020. The Morgan fingerprint density at radius 1 is 1.00 bits per heavy atom. The van der Waals surface area contributed by atoms with Crippen molar-refractivity contribution in [3.8, 4) is 0 Å². The average molecular weight is 442 g/mol. The molecule has 0 bridgehead atoms. The fourth-order valence-corrected chi connectivity index (χ4v) is 3.66. The van der Waals surface area contributed by atoms with E-state index in [1.807, 2.05) is 18.2 Å². The van der Waals surface area contributed by atoms with Crippen LogP contribution in [0.2, 0.25) is 0 Å². The summed E-state index contributed by atoms with van der Waals surface area (Å²) in [4.78, 5) is 12.3. The molecule has 8 nitrogen and oxygen atoms in total. The number of carbonyl (C=O) groups is 1. The predicted octanol–water partition coefficient (Wildman–Crippen LogP) is 2.42. The van der Waals surface area contributed by atoms with Crippen molar-refractivity contribution in [2.45, 2.75) is 24.5 Å². The lowest BCUT2D eigenvalue weighted by atomic mass is 10.1. The van der Waals surface area contributed by atoms with E-state index in [1.54, 1.807) is 12.1 Å². The molecule has 0 saturated carbocycles. The number of benzene rings is 2. The lowest BCUT2D eigenvalue weighted by molar-refractivity contribution is 0.131. The summed E-state index contributed by atoms with van der Waals surface area (Å²) < 4.78 is 56.5. The third kappa shape index (κ3) is 7.48. The highest BCUT2D eigenvalue weighted by molar-refractivity contribution is 7.91. The molecule has 1 atom stereocenters. The fraction of sp³-hybridized carbons (Fsp3) is 0.316. The molecule has 0 aliphatic heterocycles. The fourth-order valence-electron chi connectivity index (χ4n) is 2.39. The summed E-state index contributed by atoms with van der Waals surface area (Å²) in [6.07, 6.45) is 0.135. The van der Waals surface area contributed by atoms with E-state index in [9.17, 15) is 21.6 Å². The smallest absolute Gasteiger partial charge is 0.408 e. The summed E-state index contributed by atoms with van der Waals surface area (Å²) in [5.41, 5.74) is 1.26. The zero-order valence-electron chi connectivity index (χ0n) is 16.1. The van der Waals surface area contributed by atoms with Gasteiger partial charge in [0.05, 0.1) is 29.6 Å². The van der Waals surface area contributed by atoms with Crippen molar-refractivity contribution in [3.05, 3.63) is 65.7 Å². The van der Waals surface area contributed by atoms with E-state index in [1.165, 1.54) is 31.2 Å². The number of amides is 1. The molecule has 0 heterocycles. The first-order valence-corrected chi connectivity index (χ1v) is 12.2. The van der Waals surface area contributed by atoms with Gasteiger partial charge in [-0.1, -0.05) is 49.4 Å². The first-order chi connectivity index (χ1) is 13.6. The molecule has 0 radical (unpaired) electrons. The second kappa shape index (κ2) is 9.86. The van der Waals surface area contributed by atoms with Gasteiger partial charge in [0.25, 0.3) is 10.1 Å². The lowest BCUT2D eigenvalue weighted by Gasteiger charge is -2.19. The molecule has 0 fully saturated rings. The average Bonchev–Trinajstić information content (AvgIpc) is 2.70. The Kier molecular flexibility index (Phi) is 7.77. The molecule has 2 rings (SSSR count). The minimum absolute atomic E-state index is 0.0417. The predicted molar refractivity (Wildman–Crippen MR) is 107 cm³/mol. The highest BCUT2D eigenvalue weighted by Gasteiger charge is 2.20. The molecular weight excluding hydrogens is 418 g/mol. The monoisotopic (exact) mass is 441 g/mol. The van der Waals surface area contributed by atoms with Crippen LogP contribution in [0.3, 0.4) is 0 Å². The number of rotatable bonds is 9. The maximum absolute atomic E-state index is 12.2. The Balaban J connectivity index is 2.12. The van der Waals surface area contributed by atoms with E-state index in [0.29, 0.717) is 5.56 Å². The SMILES string of the molecule is CCS(=O)(=O)c1ccc(C(COS(C)(=O)=O)NC(=O)OCc2ccccc2)cc1. The van der Waals surface area contributed by atoms with Crippen molar-refractivity contribution in [2.24, 2.45) is 0 Å². The van der Waals surface area contributed by atoms with Gasteiger partial charge in [0, 0.05) is 0 Å². The zero-order chi connectivity index (χ0) is 21.5. The molecule has 0 aliphatic rings. The Morgan fingerprint density at radius 3 is 2.17 bits per heavy atom. The van der Waals surface area contributed by atoms with Crippen LogP contribution in [0.5, 0.6) is 0 Å². The van der Waals surface area contributed by atoms with Gasteiger partial charge < -0.3 is 10.1 Å². The van der Waals surface area contributed by atoms with Crippen LogP contribution < -0.4 is 5.32 Å². The van der Waals surface area contributed by atoms with Gasteiger partial charge in [0.1, 0.15) is 6.61 Å². The number of carbonyl (C=O) groups excluding carboxylic acids is 1. The molecule has 10 heteroatoms. The van der Waals surface area contributed by atoms with Crippen LogP contribution in [0.15, 0.2) is 59.5 Å². The van der Waals surface area contributed by atoms with Crippen molar-refractivity contribution in [2.75, 3.05) is 18.6 Å². The zero-order valence-corrected chi connectivity index (χ0v) is 17.7. The number of nitrogens with one attached hydrogen (secondary N) is 1. The van der Waals surface area contributed by atoms with E-state index in [0.717, 1.165) is 11.8 Å². The molecule has 158 valence electrons. The van der Waals surface area contributed by atoms with Gasteiger partial charge in [-0.2, -0.15) is 8.42 Å². The van der Waals surface area contributed by atoms with Crippen molar-refractivity contribution >= 4 is 26.0 Å². The number of hydrogen-bond acceptors (Lipinski definition) is 7. The van der Waals surface area contributed by atoms with Crippen LogP contribution in [-0.2, 0) is 35.5 Å². The van der Waals surface area contributed by atoms with Gasteiger partial charge in [-0.25, -0.2) is 13.2 Å². The quantitative estimate of drug-likeness (QED) is 0.594. The summed E-state index contributed by atoms with van der Waals surface area (Å²) in [5.74, 6) is -0.0446. The van der Waals surface area contributed by atoms with E-state index in [4.69, 9.17) is 8.92 Å². The summed E-state index contributed by atoms with van der Waals surface area (Å²) in [6, 6.07) is 14.0. The van der Waals surface area contributed by atoms with Gasteiger partial charge >= 0.3 is 6.09 Å². The van der Waals surface area contributed by atoms with Crippen molar-refractivity contribution < 1.29 is 30.6 Å². The molecule has 1 N–H and O–H groups in total. The van der Waals surface area contributed by atoms with Crippen LogP contribution in [-0.4, -0.2) is 41.5 Å². The second-order valence-corrected chi connectivity index (χ2v) is 10.1.